The van der Waals surface area contributed by atoms with Gasteiger partial charge in [0.15, 0.2) is 0 Å². The zero-order valence-corrected chi connectivity index (χ0v) is 17.2. The molecule has 27 heavy (non-hydrogen) atoms. The van der Waals surface area contributed by atoms with Gasteiger partial charge in [0.25, 0.3) is 0 Å². The van der Waals surface area contributed by atoms with Gasteiger partial charge >= 0.3 is 6.09 Å². The van der Waals surface area contributed by atoms with Crippen LogP contribution in [0.4, 0.5) is 9.18 Å². The van der Waals surface area contributed by atoms with Crippen molar-refractivity contribution in [2.75, 3.05) is 26.2 Å². The van der Waals surface area contributed by atoms with Gasteiger partial charge < -0.3 is 9.64 Å². The molecule has 1 aromatic carbocycles. The number of amides is 1. The molecule has 1 amide bonds. The van der Waals surface area contributed by atoms with Crippen molar-refractivity contribution in [3.63, 3.8) is 0 Å². The van der Waals surface area contributed by atoms with Crippen molar-refractivity contribution in [3.8, 4) is 0 Å². The number of hydrogen-bond acceptors (Lipinski definition) is 4. The molecule has 9 heteroatoms. The van der Waals surface area contributed by atoms with Gasteiger partial charge in [0.05, 0.1) is 5.02 Å². The Morgan fingerprint density at radius 3 is 2.33 bits per heavy atom. The number of sulfonamides is 1. The Hall–Kier alpha value is -1.38. The fourth-order valence-corrected chi connectivity index (χ4v) is 5.67. The summed E-state index contributed by atoms with van der Waals surface area (Å²) in [6, 6.07) is 3.29. The number of benzene rings is 1. The second-order valence-electron chi connectivity index (χ2n) is 8.32. The summed E-state index contributed by atoms with van der Waals surface area (Å²) in [7, 11) is -3.75. The van der Waals surface area contributed by atoms with Gasteiger partial charge in [-0.05, 0) is 51.8 Å². The molecule has 150 valence electrons. The van der Waals surface area contributed by atoms with Gasteiger partial charge in [-0.2, -0.15) is 4.31 Å². The minimum absolute atomic E-state index is 0.0772. The smallest absolute Gasteiger partial charge is 0.410 e. The molecule has 2 heterocycles. The molecule has 0 aliphatic carbocycles. The largest absolute Gasteiger partial charge is 0.444 e. The van der Waals surface area contributed by atoms with Crippen LogP contribution in [0.15, 0.2) is 23.1 Å². The van der Waals surface area contributed by atoms with Crippen molar-refractivity contribution in [3.05, 3.63) is 29.0 Å². The summed E-state index contributed by atoms with van der Waals surface area (Å²) in [5.41, 5.74) is -0.667. The quantitative estimate of drug-likeness (QED) is 0.737. The van der Waals surface area contributed by atoms with Crippen molar-refractivity contribution in [1.29, 1.82) is 0 Å². The monoisotopic (exact) mass is 418 g/mol. The van der Waals surface area contributed by atoms with E-state index < -0.39 is 21.4 Å². The van der Waals surface area contributed by atoms with E-state index in [-0.39, 0.29) is 21.4 Å². The first-order valence-corrected chi connectivity index (χ1v) is 10.7. The van der Waals surface area contributed by atoms with Crippen molar-refractivity contribution in [2.45, 2.75) is 44.1 Å². The number of likely N-dealkylation sites (tertiary alicyclic amines) is 1. The average Bonchev–Trinajstić information content (AvgIpc) is 2.50. The van der Waals surface area contributed by atoms with Crippen LogP contribution in [0.25, 0.3) is 0 Å². The Morgan fingerprint density at radius 2 is 1.81 bits per heavy atom. The Labute approximate surface area is 164 Å². The van der Waals surface area contributed by atoms with E-state index in [1.807, 2.05) is 20.8 Å². The fourth-order valence-electron chi connectivity index (χ4n) is 3.50. The van der Waals surface area contributed by atoms with E-state index in [9.17, 15) is 17.6 Å². The van der Waals surface area contributed by atoms with E-state index in [2.05, 4.69) is 0 Å². The van der Waals surface area contributed by atoms with Crippen molar-refractivity contribution in [1.82, 2.24) is 9.21 Å². The molecule has 1 spiro atoms. The lowest BCUT2D eigenvalue weighted by molar-refractivity contribution is -0.0189. The van der Waals surface area contributed by atoms with Gasteiger partial charge in [0.1, 0.15) is 16.3 Å². The lowest BCUT2D eigenvalue weighted by Gasteiger charge is -2.52. The highest BCUT2D eigenvalue weighted by atomic mass is 35.5. The summed E-state index contributed by atoms with van der Waals surface area (Å²) in [5.74, 6) is -0.575. The topological polar surface area (TPSA) is 66.9 Å². The molecule has 0 aromatic heterocycles. The summed E-state index contributed by atoms with van der Waals surface area (Å²) in [4.78, 5) is 13.8. The number of ether oxygens (including phenoxy) is 1. The highest BCUT2D eigenvalue weighted by Gasteiger charge is 2.50. The molecule has 0 unspecified atom stereocenters. The standard InChI is InChI=1S/C18H24ClFN2O4S/c1-17(2,3)26-16(23)21-8-6-18(7-9-21)11-22(12-18)27(24,25)15-5-4-13(20)10-14(15)19/h4-5,10H,6-9,11-12H2,1-3H3. The Bertz CT molecular complexity index is 837. The normalized spacial score (nSPS) is 20.4. The molecule has 2 aliphatic heterocycles. The molecule has 0 saturated carbocycles. The number of halogens is 2. The molecule has 0 bridgehead atoms. The fraction of sp³-hybridized carbons (Fsp3) is 0.611. The van der Waals surface area contributed by atoms with Gasteiger partial charge in [0.2, 0.25) is 10.0 Å². The first kappa shape index (κ1) is 20.4. The SMILES string of the molecule is CC(C)(C)OC(=O)N1CCC2(CC1)CN(S(=O)(=O)c1ccc(F)cc1Cl)C2. The summed E-state index contributed by atoms with van der Waals surface area (Å²) in [6.45, 7) is 7.32. The molecule has 1 aromatic rings. The van der Waals surface area contributed by atoms with E-state index in [4.69, 9.17) is 16.3 Å². The Kier molecular flexibility index (Phi) is 5.20. The van der Waals surface area contributed by atoms with Crippen LogP contribution >= 0.6 is 11.6 Å². The van der Waals surface area contributed by atoms with Gasteiger partial charge in [0, 0.05) is 31.6 Å². The van der Waals surface area contributed by atoms with Crippen LogP contribution in [0.2, 0.25) is 5.02 Å². The van der Waals surface area contributed by atoms with Gasteiger partial charge in [-0.15, -0.1) is 0 Å². The van der Waals surface area contributed by atoms with Crippen molar-refractivity contribution in [2.24, 2.45) is 5.41 Å². The van der Waals surface area contributed by atoms with E-state index in [0.717, 1.165) is 25.0 Å². The van der Waals surface area contributed by atoms with Gasteiger partial charge in [-0.3, -0.25) is 0 Å². The second kappa shape index (κ2) is 6.90. The maximum Gasteiger partial charge on any atom is 0.410 e. The maximum atomic E-state index is 13.2. The molecule has 3 rings (SSSR count). The number of piperidine rings is 1. The van der Waals surface area contributed by atoms with E-state index >= 15 is 0 Å². The minimum Gasteiger partial charge on any atom is -0.444 e. The zero-order valence-electron chi connectivity index (χ0n) is 15.7. The number of nitrogens with zero attached hydrogens (tertiary/aromatic N) is 2. The van der Waals surface area contributed by atoms with Gasteiger partial charge in [-0.25, -0.2) is 17.6 Å². The number of carbonyl (C=O) groups excluding carboxylic acids is 1. The molecule has 2 fully saturated rings. The molecule has 0 radical (unpaired) electrons. The third-order valence-electron chi connectivity index (χ3n) is 5.01. The number of rotatable bonds is 2. The summed E-state index contributed by atoms with van der Waals surface area (Å²) in [5, 5.41) is -0.115. The van der Waals surface area contributed by atoms with E-state index in [1.165, 1.54) is 10.4 Å². The minimum atomic E-state index is -3.75. The summed E-state index contributed by atoms with van der Waals surface area (Å²) in [6.07, 6.45) is 1.10. The van der Waals surface area contributed by atoms with Crippen molar-refractivity contribution < 1.29 is 22.3 Å². The lowest BCUT2D eigenvalue weighted by Crippen LogP contribution is -2.62. The van der Waals surface area contributed by atoms with Crippen LogP contribution in [0.5, 0.6) is 0 Å². The van der Waals surface area contributed by atoms with Crippen LogP contribution in [-0.2, 0) is 14.8 Å². The molecular formula is C18H24ClFN2O4S. The zero-order chi connectivity index (χ0) is 20.0. The van der Waals surface area contributed by atoms with Gasteiger partial charge in [-0.1, -0.05) is 11.6 Å². The molecular weight excluding hydrogens is 395 g/mol. The molecule has 0 atom stereocenters. The molecule has 6 nitrogen and oxygen atoms in total. The Balaban J connectivity index is 1.60. The third-order valence-corrected chi connectivity index (χ3v) is 7.29. The summed E-state index contributed by atoms with van der Waals surface area (Å²) < 4.78 is 45.4. The highest BCUT2D eigenvalue weighted by Crippen LogP contribution is 2.43. The predicted molar refractivity (Wildman–Crippen MR) is 99.6 cm³/mol. The first-order valence-electron chi connectivity index (χ1n) is 8.85. The first-order chi connectivity index (χ1) is 12.4. The van der Waals surface area contributed by atoms with E-state index in [0.29, 0.717) is 26.2 Å². The number of hydrogen-bond donors (Lipinski definition) is 0. The van der Waals surface area contributed by atoms with E-state index in [1.54, 1.807) is 4.90 Å². The van der Waals surface area contributed by atoms with Crippen LogP contribution < -0.4 is 0 Å². The number of carbonyl (C=O) groups is 1. The predicted octanol–water partition coefficient (Wildman–Crippen LogP) is 3.50. The summed E-state index contributed by atoms with van der Waals surface area (Å²) >= 11 is 5.92. The highest BCUT2D eigenvalue weighted by molar-refractivity contribution is 7.89. The Morgan fingerprint density at radius 1 is 1.22 bits per heavy atom. The second-order valence-corrected chi connectivity index (χ2v) is 10.6. The molecule has 2 saturated heterocycles. The van der Waals surface area contributed by atoms with Crippen LogP contribution in [0.1, 0.15) is 33.6 Å². The van der Waals surface area contributed by atoms with Crippen LogP contribution in [0, 0.1) is 11.2 Å². The maximum absolute atomic E-state index is 13.2. The van der Waals surface area contributed by atoms with Crippen molar-refractivity contribution >= 4 is 27.7 Å². The van der Waals surface area contributed by atoms with Crippen LogP contribution in [-0.4, -0.2) is 55.5 Å². The average molecular weight is 419 g/mol. The molecule has 2 aliphatic rings. The lowest BCUT2D eigenvalue weighted by atomic mass is 9.73. The third kappa shape index (κ3) is 4.22. The van der Waals surface area contributed by atoms with Crippen LogP contribution in [0.3, 0.4) is 0 Å². The molecule has 0 N–H and O–H groups in total.